The Morgan fingerprint density at radius 3 is 2.60 bits per heavy atom. The van der Waals surface area contributed by atoms with Gasteiger partial charge in [-0.15, -0.1) is 0 Å². The molecule has 1 aromatic heterocycles. The molecule has 0 radical (unpaired) electrons. The lowest BCUT2D eigenvalue weighted by atomic mass is 10.2. The molecule has 1 amide bonds. The van der Waals surface area contributed by atoms with E-state index in [-0.39, 0.29) is 5.69 Å². The summed E-state index contributed by atoms with van der Waals surface area (Å²) >= 11 is 0. The highest BCUT2D eigenvalue weighted by molar-refractivity contribution is 5.92. The van der Waals surface area contributed by atoms with E-state index >= 15 is 0 Å². The van der Waals surface area contributed by atoms with E-state index in [0.29, 0.717) is 24.3 Å². The highest BCUT2D eigenvalue weighted by Crippen LogP contribution is 2.28. The van der Waals surface area contributed by atoms with Crippen molar-refractivity contribution < 1.29 is 19.1 Å². The maximum atomic E-state index is 12.1. The maximum absolute atomic E-state index is 12.1. The van der Waals surface area contributed by atoms with Gasteiger partial charge in [0.15, 0.2) is 0 Å². The molecular formula is C14H18N2O4. The van der Waals surface area contributed by atoms with E-state index in [0.717, 1.165) is 0 Å². The van der Waals surface area contributed by atoms with Crippen molar-refractivity contribution in [3.05, 3.63) is 23.5 Å². The minimum Gasteiger partial charge on any atom is -0.464 e. The Balaban J connectivity index is 2.21. The van der Waals surface area contributed by atoms with Crippen LogP contribution in [-0.4, -0.2) is 36.3 Å². The van der Waals surface area contributed by atoms with E-state index in [1.165, 1.54) is 12.0 Å². The van der Waals surface area contributed by atoms with Crippen molar-refractivity contribution in [1.82, 2.24) is 4.98 Å². The van der Waals surface area contributed by atoms with Gasteiger partial charge >= 0.3 is 12.1 Å². The van der Waals surface area contributed by atoms with E-state index in [1.54, 1.807) is 12.1 Å². The standard InChI is InChI=1S/C14H18N2O4/c1-14(2,3)20-13(18)16-8-7-9-11(16)6-5-10(15-9)12(17)19-4/h5-6H,7-8H2,1-4H3. The molecule has 0 aromatic carbocycles. The van der Waals surface area contributed by atoms with Gasteiger partial charge in [-0.1, -0.05) is 0 Å². The Hall–Kier alpha value is -2.11. The Morgan fingerprint density at radius 2 is 2.00 bits per heavy atom. The number of carbonyl (C=O) groups is 2. The Morgan fingerprint density at radius 1 is 1.30 bits per heavy atom. The highest BCUT2D eigenvalue weighted by Gasteiger charge is 2.30. The first-order valence-electron chi connectivity index (χ1n) is 6.40. The second kappa shape index (κ2) is 5.11. The van der Waals surface area contributed by atoms with Crippen LogP contribution in [0.5, 0.6) is 0 Å². The quantitative estimate of drug-likeness (QED) is 0.736. The van der Waals surface area contributed by atoms with Crippen molar-refractivity contribution in [2.45, 2.75) is 32.8 Å². The molecule has 0 N–H and O–H groups in total. The van der Waals surface area contributed by atoms with Crippen LogP contribution in [0.3, 0.4) is 0 Å². The molecule has 0 bridgehead atoms. The first kappa shape index (κ1) is 14.3. The second-order valence-corrected chi connectivity index (χ2v) is 5.54. The monoisotopic (exact) mass is 278 g/mol. The van der Waals surface area contributed by atoms with Crippen LogP contribution in [0.4, 0.5) is 10.5 Å². The van der Waals surface area contributed by atoms with Crippen LogP contribution < -0.4 is 4.90 Å². The number of amides is 1. The van der Waals surface area contributed by atoms with Crippen molar-refractivity contribution in [3.8, 4) is 0 Å². The Kier molecular flexibility index (Phi) is 3.65. The van der Waals surface area contributed by atoms with Gasteiger partial charge in [-0.3, -0.25) is 4.90 Å². The Labute approximate surface area is 117 Å². The number of rotatable bonds is 1. The average molecular weight is 278 g/mol. The lowest BCUT2D eigenvalue weighted by molar-refractivity contribution is 0.0579. The van der Waals surface area contributed by atoms with Gasteiger partial charge in [-0.05, 0) is 32.9 Å². The van der Waals surface area contributed by atoms with E-state index < -0.39 is 17.7 Å². The zero-order chi connectivity index (χ0) is 14.9. The number of aromatic nitrogens is 1. The molecule has 2 rings (SSSR count). The molecule has 108 valence electrons. The summed E-state index contributed by atoms with van der Waals surface area (Å²) in [5, 5.41) is 0. The average Bonchev–Trinajstić information content (AvgIpc) is 2.78. The van der Waals surface area contributed by atoms with Gasteiger partial charge in [0.05, 0.1) is 18.5 Å². The molecule has 0 atom stereocenters. The van der Waals surface area contributed by atoms with Gasteiger partial charge in [0.2, 0.25) is 0 Å². The first-order valence-corrected chi connectivity index (χ1v) is 6.40. The number of ether oxygens (including phenoxy) is 2. The summed E-state index contributed by atoms with van der Waals surface area (Å²) in [5.74, 6) is -0.483. The summed E-state index contributed by atoms with van der Waals surface area (Å²) < 4.78 is 9.97. The van der Waals surface area contributed by atoms with E-state index in [2.05, 4.69) is 9.72 Å². The van der Waals surface area contributed by atoms with E-state index in [4.69, 9.17) is 4.74 Å². The number of fused-ring (bicyclic) bond motifs is 1. The SMILES string of the molecule is COC(=O)c1ccc2c(n1)CCN2C(=O)OC(C)(C)C. The molecule has 0 fully saturated rings. The third-order valence-electron chi connectivity index (χ3n) is 2.82. The number of hydrogen-bond acceptors (Lipinski definition) is 5. The lowest BCUT2D eigenvalue weighted by Crippen LogP contribution is -2.35. The fourth-order valence-corrected chi connectivity index (χ4v) is 1.99. The van der Waals surface area contributed by atoms with Gasteiger partial charge in [0.25, 0.3) is 0 Å². The predicted octanol–water partition coefficient (Wildman–Crippen LogP) is 2.17. The van der Waals surface area contributed by atoms with Crippen molar-refractivity contribution in [2.75, 3.05) is 18.6 Å². The van der Waals surface area contributed by atoms with Crippen LogP contribution in [0.15, 0.2) is 12.1 Å². The number of methoxy groups -OCH3 is 1. The van der Waals surface area contributed by atoms with Crippen LogP contribution >= 0.6 is 0 Å². The number of hydrogen-bond donors (Lipinski definition) is 0. The number of pyridine rings is 1. The van der Waals surface area contributed by atoms with Gasteiger partial charge in [-0.2, -0.15) is 0 Å². The fourth-order valence-electron chi connectivity index (χ4n) is 1.99. The lowest BCUT2D eigenvalue weighted by Gasteiger charge is -2.24. The molecule has 1 aromatic rings. The van der Waals surface area contributed by atoms with Crippen LogP contribution in [0.2, 0.25) is 0 Å². The fraction of sp³-hybridized carbons (Fsp3) is 0.500. The van der Waals surface area contributed by atoms with Crippen molar-refractivity contribution >= 4 is 17.7 Å². The van der Waals surface area contributed by atoms with Gasteiger partial charge < -0.3 is 9.47 Å². The molecule has 1 aliphatic heterocycles. The second-order valence-electron chi connectivity index (χ2n) is 5.54. The van der Waals surface area contributed by atoms with Crippen molar-refractivity contribution in [3.63, 3.8) is 0 Å². The third-order valence-corrected chi connectivity index (χ3v) is 2.82. The molecule has 0 aliphatic carbocycles. The zero-order valence-corrected chi connectivity index (χ0v) is 12.1. The first-order chi connectivity index (χ1) is 9.31. The van der Waals surface area contributed by atoms with Crippen molar-refractivity contribution in [2.24, 2.45) is 0 Å². The number of anilines is 1. The van der Waals surface area contributed by atoms with E-state index in [1.807, 2.05) is 20.8 Å². The molecule has 20 heavy (non-hydrogen) atoms. The highest BCUT2D eigenvalue weighted by atomic mass is 16.6. The molecule has 0 saturated heterocycles. The molecule has 2 heterocycles. The molecule has 1 aliphatic rings. The largest absolute Gasteiger partial charge is 0.464 e. The minimum absolute atomic E-state index is 0.247. The normalized spacial score (nSPS) is 13.9. The van der Waals surface area contributed by atoms with E-state index in [9.17, 15) is 9.59 Å². The minimum atomic E-state index is -0.542. The molecule has 0 saturated carbocycles. The summed E-state index contributed by atoms with van der Waals surface area (Å²) in [6, 6.07) is 3.25. The summed E-state index contributed by atoms with van der Waals surface area (Å²) in [5.41, 5.74) is 1.10. The maximum Gasteiger partial charge on any atom is 0.414 e. The van der Waals surface area contributed by atoms with Gasteiger partial charge in [0, 0.05) is 13.0 Å². The topological polar surface area (TPSA) is 68.7 Å². The smallest absolute Gasteiger partial charge is 0.414 e. The summed E-state index contributed by atoms with van der Waals surface area (Å²) in [6.07, 6.45) is 0.197. The Bertz CT molecular complexity index is 549. The molecular weight excluding hydrogens is 260 g/mol. The molecule has 6 heteroatoms. The predicted molar refractivity (Wildman–Crippen MR) is 72.9 cm³/mol. The molecule has 6 nitrogen and oxygen atoms in total. The zero-order valence-electron chi connectivity index (χ0n) is 12.1. The van der Waals surface area contributed by atoms with Crippen LogP contribution in [0.25, 0.3) is 0 Å². The van der Waals surface area contributed by atoms with Crippen LogP contribution in [0.1, 0.15) is 37.0 Å². The number of nitrogens with zero attached hydrogens (tertiary/aromatic N) is 2. The van der Waals surface area contributed by atoms with Crippen LogP contribution in [-0.2, 0) is 15.9 Å². The number of carbonyl (C=O) groups excluding carboxylic acids is 2. The summed E-state index contributed by atoms with van der Waals surface area (Å²) in [7, 11) is 1.31. The molecule has 0 spiro atoms. The van der Waals surface area contributed by atoms with Gasteiger partial charge in [0.1, 0.15) is 11.3 Å². The van der Waals surface area contributed by atoms with Crippen LogP contribution in [0, 0.1) is 0 Å². The van der Waals surface area contributed by atoms with Crippen molar-refractivity contribution in [1.29, 1.82) is 0 Å². The third kappa shape index (κ3) is 2.89. The molecule has 0 unspecified atom stereocenters. The van der Waals surface area contributed by atoms with Gasteiger partial charge in [-0.25, -0.2) is 14.6 Å². The summed E-state index contributed by atoms with van der Waals surface area (Å²) in [6.45, 7) is 5.96. The summed E-state index contributed by atoms with van der Waals surface area (Å²) in [4.78, 5) is 29.3. The number of esters is 1.